The van der Waals surface area contributed by atoms with Gasteiger partial charge in [0.2, 0.25) is 5.82 Å². The number of nitrogens with one attached hydrogen (secondary N) is 1. The van der Waals surface area contributed by atoms with Crippen LogP contribution in [0.2, 0.25) is 0 Å². The largest absolute Gasteiger partial charge is 0.493 e. The maximum Gasteiger partial charge on any atom is 0.262 e. The smallest absolute Gasteiger partial charge is 0.262 e. The molecule has 7 nitrogen and oxygen atoms in total. The van der Waals surface area contributed by atoms with Gasteiger partial charge in [-0.3, -0.25) is 4.79 Å². The van der Waals surface area contributed by atoms with Crippen LogP contribution in [0.1, 0.15) is 11.1 Å². The number of anilines is 1. The Morgan fingerprint density at radius 2 is 1.78 bits per heavy atom. The van der Waals surface area contributed by atoms with Crippen LogP contribution >= 0.6 is 0 Å². The van der Waals surface area contributed by atoms with E-state index in [9.17, 15) is 4.79 Å². The molecule has 1 aromatic heterocycles. The van der Waals surface area contributed by atoms with E-state index in [1.165, 1.54) is 7.11 Å². The minimum absolute atomic E-state index is 0.149. The minimum Gasteiger partial charge on any atom is -0.493 e. The Balaban J connectivity index is 1.45. The molecule has 0 saturated heterocycles. The average molecular weight is 429 g/mol. The predicted molar refractivity (Wildman–Crippen MR) is 122 cm³/mol. The highest BCUT2D eigenvalue weighted by atomic mass is 16.5. The van der Waals surface area contributed by atoms with Gasteiger partial charge in [-0.25, -0.2) is 0 Å². The summed E-state index contributed by atoms with van der Waals surface area (Å²) in [5.74, 6) is 1.52. The number of benzene rings is 3. The molecule has 4 rings (SSSR count). The zero-order valence-electron chi connectivity index (χ0n) is 18.1. The van der Waals surface area contributed by atoms with E-state index in [0.29, 0.717) is 28.8 Å². The van der Waals surface area contributed by atoms with E-state index in [1.54, 1.807) is 18.2 Å². The number of methoxy groups -OCH3 is 1. The molecule has 0 atom stereocenters. The van der Waals surface area contributed by atoms with Gasteiger partial charge in [0.05, 0.1) is 7.11 Å². The molecule has 1 heterocycles. The lowest BCUT2D eigenvalue weighted by atomic mass is 10.1. The molecular formula is C25H23N3O4. The standard InChI is InChI=1S/C25H23N3O4/c1-16-8-7-11-20(17(16)2)26-23(29)15-31-21-13-12-19(14-22(21)30-3)24-27-25(32-28-24)18-9-5-4-6-10-18/h4-14H,15H2,1-3H3,(H,26,29). The van der Waals surface area contributed by atoms with Gasteiger partial charge in [-0.15, -0.1) is 0 Å². The van der Waals surface area contributed by atoms with Gasteiger partial charge in [0.1, 0.15) is 0 Å². The van der Waals surface area contributed by atoms with Crippen molar-refractivity contribution in [1.29, 1.82) is 0 Å². The highest BCUT2D eigenvalue weighted by molar-refractivity contribution is 5.92. The third-order valence-corrected chi connectivity index (χ3v) is 5.11. The van der Waals surface area contributed by atoms with Crippen molar-refractivity contribution in [3.05, 3.63) is 77.9 Å². The molecule has 0 radical (unpaired) electrons. The van der Waals surface area contributed by atoms with Gasteiger partial charge in [0.15, 0.2) is 18.1 Å². The molecule has 1 N–H and O–H groups in total. The SMILES string of the molecule is COc1cc(-c2noc(-c3ccccc3)n2)ccc1OCC(=O)Nc1cccc(C)c1C. The molecule has 0 aliphatic rings. The number of hydrogen-bond donors (Lipinski definition) is 1. The highest BCUT2D eigenvalue weighted by Gasteiger charge is 2.15. The van der Waals surface area contributed by atoms with Crippen LogP contribution in [0.15, 0.2) is 71.3 Å². The van der Waals surface area contributed by atoms with E-state index >= 15 is 0 Å². The van der Waals surface area contributed by atoms with E-state index in [2.05, 4.69) is 15.5 Å². The molecule has 0 aliphatic carbocycles. The number of hydrogen-bond acceptors (Lipinski definition) is 6. The number of carbonyl (C=O) groups excluding carboxylic acids is 1. The fourth-order valence-corrected chi connectivity index (χ4v) is 3.18. The molecule has 0 saturated carbocycles. The van der Waals surface area contributed by atoms with Crippen molar-refractivity contribution >= 4 is 11.6 Å². The van der Waals surface area contributed by atoms with E-state index in [1.807, 2.05) is 62.4 Å². The number of rotatable bonds is 7. The summed E-state index contributed by atoms with van der Waals surface area (Å²) in [6.07, 6.45) is 0. The lowest BCUT2D eigenvalue weighted by Crippen LogP contribution is -2.21. The van der Waals surface area contributed by atoms with Crippen molar-refractivity contribution in [3.63, 3.8) is 0 Å². The van der Waals surface area contributed by atoms with Crippen molar-refractivity contribution in [2.24, 2.45) is 0 Å². The normalized spacial score (nSPS) is 10.6. The van der Waals surface area contributed by atoms with E-state index in [0.717, 1.165) is 22.4 Å². The monoisotopic (exact) mass is 429 g/mol. The topological polar surface area (TPSA) is 86.5 Å². The van der Waals surface area contributed by atoms with Crippen LogP contribution in [0.5, 0.6) is 11.5 Å². The Hall–Kier alpha value is -4.13. The highest BCUT2D eigenvalue weighted by Crippen LogP contribution is 2.32. The summed E-state index contributed by atoms with van der Waals surface area (Å²) in [6.45, 7) is 3.82. The van der Waals surface area contributed by atoms with Crippen LogP contribution in [-0.4, -0.2) is 29.8 Å². The first-order valence-electron chi connectivity index (χ1n) is 10.1. The number of amides is 1. The van der Waals surface area contributed by atoms with Crippen LogP contribution < -0.4 is 14.8 Å². The number of ether oxygens (including phenoxy) is 2. The average Bonchev–Trinajstić information content (AvgIpc) is 3.31. The Kier molecular flexibility index (Phi) is 6.17. The molecule has 7 heteroatoms. The molecule has 32 heavy (non-hydrogen) atoms. The minimum atomic E-state index is -0.254. The van der Waals surface area contributed by atoms with Gasteiger partial charge < -0.3 is 19.3 Å². The summed E-state index contributed by atoms with van der Waals surface area (Å²) in [5.41, 5.74) is 4.45. The maximum atomic E-state index is 12.4. The van der Waals surface area contributed by atoms with Crippen molar-refractivity contribution in [2.75, 3.05) is 19.0 Å². The van der Waals surface area contributed by atoms with E-state index in [4.69, 9.17) is 14.0 Å². The zero-order chi connectivity index (χ0) is 22.5. The van der Waals surface area contributed by atoms with E-state index in [-0.39, 0.29) is 12.5 Å². The second-order valence-electron chi connectivity index (χ2n) is 7.24. The molecular weight excluding hydrogens is 406 g/mol. The number of nitrogens with zero attached hydrogens (tertiary/aromatic N) is 2. The first-order chi connectivity index (χ1) is 15.5. The summed E-state index contributed by atoms with van der Waals surface area (Å²) in [7, 11) is 1.54. The van der Waals surface area contributed by atoms with Crippen LogP contribution in [0.25, 0.3) is 22.8 Å². The van der Waals surface area contributed by atoms with Gasteiger partial charge in [-0.05, 0) is 61.4 Å². The summed E-state index contributed by atoms with van der Waals surface area (Å²) in [4.78, 5) is 16.8. The fraction of sp³-hybridized carbons (Fsp3) is 0.160. The second-order valence-corrected chi connectivity index (χ2v) is 7.24. The van der Waals surface area contributed by atoms with E-state index < -0.39 is 0 Å². The third kappa shape index (κ3) is 4.62. The fourth-order valence-electron chi connectivity index (χ4n) is 3.18. The first-order valence-corrected chi connectivity index (χ1v) is 10.1. The summed E-state index contributed by atoms with van der Waals surface area (Å²) in [6, 6.07) is 20.6. The molecule has 3 aromatic carbocycles. The second kappa shape index (κ2) is 9.34. The van der Waals surface area contributed by atoms with Gasteiger partial charge in [0, 0.05) is 16.8 Å². The molecule has 0 spiro atoms. The maximum absolute atomic E-state index is 12.4. The van der Waals surface area contributed by atoms with Crippen molar-refractivity contribution in [2.45, 2.75) is 13.8 Å². The molecule has 0 unspecified atom stereocenters. The summed E-state index contributed by atoms with van der Waals surface area (Å²) < 4.78 is 16.5. The molecule has 0 aliphatic heterocycles. The Morgan fingerprint density at radius 3 is 2.56 bits per heavy atom. The van der Waals surface area contributed by atoms with Crippen molar-refractivity contribution in [1.82, 2.24) is 10.1 Å². The number of carbonyl (C=O) groups is 1. The number of aryl methyl sites for hydroxylation is 1. The van der Waals surface area contributed by atoms with Gasteiger partial charge >= 0.3 is 0 Å². The van der Waals surface area contributed by atoms with Crippen LogP contribution in [0.3, 0.4) is 0 Å². The Labute approximate surface area is 186 Å². The first kappa shape index (κ1) is 21.1. The molecule has 4 aromatic rings. The van der Waals surface area contributed by atoms with Crippen LogP contribution in [0.4, 0.5) is 5.69 Å². The van der Waals surface area contributed by atoms with Crippen LogP contribution in [-0.2, 0) is 4.79 Å². The zero-order valence-corrected chi connectivity index (χ0v) is 18.1. The van der Waals surface area contributed by atoms with Crippen molar-refractivity contribution in [3.8, 4) is 34.3 Å². The molecule has 1 amide bonds. The van der Waals surface area contributed by atoms with Crippen molar-refractivity contribution < 1.29 is 18.8 Å². The third-order valence-electron chi connectivity index (χ3n) is 5.11. The molecule has 0 fully saturated rings. The quantitative estimate of drug-likeness (QED) is 0.443. The van der Waals surface area contributed by atoms with Gasteiger partial charge in [-0.1, -0.05) is 35.5 Å². The lowest BCUT2D eigenvalue weighted by molar-refractivity contribution is -0.118. The predicted octanol–water partition coefficient (Wildman–Crippen LogP) is 5.05. The Bertz CT molecular complexity index is 1240. The number of aromatic nitrogens is 2. The summed E-state index contributed by atoms with van der Waals surface area (Å²) in [5, 5.41) is 6.93. The lowest BCUT2D eigenvalue weighted by Gasteiger charge is -2.13. The summed E-state index contributed by atoms with van der Waals surface area (Å²) >= 11 is 0. The van der Waals surface area contributed by atoms with Gasteiger partial charge in [-0.2, -0.15) is 4.98 Å². The molecule has 0 bridgehead atoms. The Morgan fingerprint density at radius 1 is 0.969 bits per heavy atom. The van der Waals surface area contributed by atoms with Gasteiger partial charge in [0.25, 0.3) is 11.8 Å². The van der Waals surface area contributed by atoms with Crippen LogP contribution in [0, 0.1) is 13.8 Å². The molecule has 162 valence electrons.